The molecule has 1 aromatic heterocycles. The number of nitrogens with one attached hydrogen (secondary N) is 2. The molecule has 2 rings (SSSR count). The van der Waals surface area contributed by atoms with Crippen LogP contribution in [-0.4, -0.2) is 24.0 Å². The first-order valence-corrected chi connectivity index (χ1v) is 7.94. The van der Waals surface area contributed by atoms with Gasteiger partial charge in [0.05, 0.1) is 23.2 Å². The first kappa shape index (κ1) is 14.5. The maximum absolute atomic E-state index is 12.6. The topological polar surface area (TPSA) is 54.0 Å². The lowest BCUT2D eigenvalue weighted by molar-refractivity contribution is -0.133. The number of thiazole rings is 1. The van der Waals surface area contributed by atoms with E-state index in [0.29, 0.717) is 6.54 Å². The number of aromatic nitrogens is 1. The summed E-state index contributed by atoms with van der Waals surface area (Å²) in [6.45, 7) is 6.67. The summed E-state index contributed by atoms with van der Waals surface area (Å²) in [7, 11) is 0. The van der Waals surface area contributed by atoms with Crippen LogP contribution in [-0.2, 0) is 11.3 Å². The predicted molar refractivity (Wildman–Crippen MR) is 78.1 cm³/mol. The number of piperidine rings is 1. The molecule has 5 heteroatoms. The Kier molecular flexibility index (Phi) is 4.93. The first-order chi connectivity index (χ1) is 9.18. The molecule has 19 heavy (non-hydrogen) atoms. The molecule has 1 saturated heterocycles. The number of carbonyl (C=O) groups is 1. The lowest BCUT2D eigenvalue weighted by Crippen LogP contribution is -2.47. The van der Waals surface area contributed by atoms with Gasteiger partial charge in [-0.15, -0.1) is 11.3 Å². The van der Waals surface area contributed by atoms with Crippen LogP contribution in [0.4, 0.5) is 0 Å². The van der Waals surface area contributed by atoms with Crippen molar-refractivity contribution < 1.29 is 4.79 Å². The largest absolute Gasteiger partial charge is 0.351 e. The van der Waals surface area contributed by atoms with Crippen molar-refractivity contribution in [1.82, 2.24) is 15.6 Å². The van der Waals surface area contributed by atoms with Crippen molar-refractivity contribution in [3.05, 3.63) is 16.1 Å². The van der Waals surface area contributed by atoms with Gasteiger partial charge in [-0.2, -0.15) is 0 Å². The molecule has 2 heterocycles. The summed E-state index contributed by atoms with van der Waals surface area (Å²) in [6, 6.07) is 0. The molecule has 0 spiro atoms. The molecule has 0 unspecified atom stereocenters. The summed E-state index contributed by atoms with van der Waals surface area (Å²) >= 11 is 1.61. The Bertz CT molecular complexity index is 419. The van der Waals surface area contributed by atoms with Crippen LogP contribution in [0.25, 0.3) is 0 Å². The van der Waals surface area contributed by atoms with Crippen molar-refractivity contribution >= 4 is 17.2 Å². The standard InChI is InChI=1S/C14H23N3OS/c1-3-4-14(5-7-15-8-6-14)13(18)16-9-12-11(2)17-10-19-12/h10,15H,3-9H2,1-2H3,(H,16,18). The Labute approximate surface area is 119 Å². The Morgan fingerprint density at radius 2 is 2.26 bits per heavy atom. The number of amides is 1. The average Bonchev–Trinajstić information content (AvgIpc) is 2.83. The zero-order valence-electron chi connectivity index (χ0n) is 11.8. The van der Waals surface area contributed by atoms with Crippen LogP contribution in [0.1, 0.15) is 43.2 Å². The Morgan fingerprint density at radius 3 is 2.84 bits per heavy atom. The molecule has 4 nitrogen and oxygen atoms in total. The molecule has 1 fully saturated rings. The number of hydrogen-bond donors (Lipinski definition) is 2. The van der Waals surface area contributed by atoms with E-state index < -0.39 is 0 Å². The fraction of sp³-hybridized carbons (Fsp3) is 0.714. The lowest BCUT2D eigenvalue weighted by atomic mass is 9.74. The van der Waals surface area contributed by atoms with Crippen LogP contribution in [0, 0.1) is 12.3 Å². The van der Waals surface area contributed by atoms with Crippen LogP contribution < -0.4 is 10.6 Å². The third kappa shape index (κ3) is 3.34. The number of aryl methyl sites for hydroxylation is 1. The van der Waals surface area contributed by atoms with Gasteiger partial charge < -0.3 is 10.6 Å². The molecule has 1 aromatic rings. The Balaban J connectivity index is 1.97. The van der Waals surface area contributed by atoms with Gasteiger partial charge in [0.25, 0.3) is 0 Å². The molecule has 1 amide bonds. The zero-order valence-corrected chi connectivity index (χ0v) is 12.6. The van der Waals surface area contributed by atoms with Crippen LogP contribution in [0.5, 0.6) is 0 Å². The van der Waals surface area contributed by atoms with Gasteiger partial charge in [0.15, 0.2) is 0 Å². The summed E-state index contributed by atoms with van der Waals surface area (Å²) in [5.74, 6) is 0.226. The van der Waals surface area contributed by atoms with Gasteiger partial charge in [0.2, 0.25) is 5.91 Å². The van der Waals surface area contributed by atoms with Gasteiger partial charge in [0.1, 0.15) is 0 Å². The van der Waals surface area contributed by atoms with E-state index in [2.05, 4.69) is 22.5 Å². The minimum absolute atomic E-state index is 0.154. The van der Waals surface area contributed by atoms with Crippen molar-refractivity contribution in [3.63, 3.8) is 0 Å². The highest BCUT2D eigenvalue weighted by Crippen LogP contribution is 2.34. The SMILES string of the molecule is CCCC1(C(=O)NCc2scnc2C)CCNCC1. The lowest BCUT2D eigenvalue weighted by Gasteiger charge is -2.36. The summed E-state index contributed by atoms with van der Waals surface area (Å²) in [5, 5.41) is 6.47. The summed E-state index contributed by atoms with van der Waals surface area (Å²) in [6.07, 6.45) is 3.96. The summed E-state index contributed by atoms with van der Waals surface area (Å²) in [4.78, 5) is 17.9. The van der Waals surface area contributed by atoms with E-state index in [9.17, 15) is 4.79 Å². The molecular formula is C14H23N3OS. The number of carbonyl (C=O) groups excluding carboxylic acids is 1. The second-order valence-corrected chi connectivity index (χ2v) is 6.26. The number of hydrogen-bond acceptors (Lipinski definition) is 4. The number of rotatable bonds is 5. The average molecular weight is 281 g/mol. The van der Waals surface area contributed by atoms with Gasteiger partial charge >= 0.3 is 0 Å². The first-order valence-electron chi connectivity index (χ1n) is 7.06. The van der Waals surface area contributed by atoms with Crippen molar-refractivity contribution in [2.45, 2.75) is 46.1 Å². The van der Waals surface area contributed by atoms with E-state index >= 15 is 0 Å². The number of nitrogens with zero attached hydrogens (tertiary/aromatic N) is 1. The van der Waals surface area contributed by atoms with E-state index in [1.807, 2.05) is 12.4 Å². The molecule has 1 aliphatic heterocycles. The predicted octanol–water partition coefficient (Wildman–Crippen LogP) is 2.24. The molecular weight excluding hydrogens is 258 g/mol. The van der Waals surface area contributed by atoms with Crippen LogP contribution in [0.2, 0.25) is 0 Å². The van der Waals surface area contributed by atoms with Crippen molar-refractivity contribution in [2.75, 3.05) is 13.1 Å². The fourth-order valence-electron chi connectivity index (χ4n) is 2.82. The molecule has 0 bridgehead atoms. The normalized spacial score (nSPS) is 18.2. The van der Waals surface area contributed by atoms with E-state index in [1.54, 1.807) is 11.3 Å². The smallest absolute Gasteiger partial charge is 0.226 e. The van der Waals surface area contributed by atoms with Gasteiger partial charge in [-0.25, -0.2) is 4.98 Å². The van der Waals surface area contributed by atoms with E-state index in [1.165, 1.54) is 0 Å². The van der Waals surface area contributed by atoms with E-state index in [4.69, 9.17) is 0 Å². The molecule has 0 atom stereocenters. The summed E-state index contributed by atoms with van der Waals surface area (Å²) in [5.41, 5.74) is 2.71. The molecule has 1 aliphatic rings. The second-order valence-electron chi connectivity index (χ2n) is 5.32. The summed E-state index contributed by atoms with van der Waals surface area (Å²) < 4.78 is 0. The van der Waals surface area contributed by atoms with Crippen LogP contribution >= 0.6 is 11.3 Å². The van der Waals surface area contributed by atoms with E-state index in [-0.39, 0.29) is 11.3 Å². The molecule has 0 saturated carbocycles. The third-order valence-electron chi connectivity index (χ3n) is 4.03. The minimum atomic E-state index is -0.154. The highest BCUT2D eigenvalue weighted by molar-refractivity contribution is 7.09. The van der Waals surface area contributed by atoms with Crippen molar-refractivity contribution in [3.8, 4) is 0 Å². The molecule has 0 aromatic carbocycles. The Hall–Kier alpha value is -0.940. The van der Waals surface area contributed by atoms with Crippen LogP contribution in [0.15, 0.2) is 5.51 Å². The fourth-order valence-corrected chi connectivity index (χ4v) is 3.54. The maximum Gasteiger partial charge on any atom is 0.226 e. The van der Waals surface area contributed by atoms with Crippen molar-refractivity contribution in [2.24, 2.45) is 5.41 Å². The van der Waals surface area contributed by atoms with E-state index in [0.717, 1.165) is 49.3 Å². The van der Waals surface area contributed by atoms with Gasteiger partial charge in [0, 0.05) is 4.88 Å². The minimum Gasteiger partial charge on any atom is -0.351 e. The highest BCUT2D eigenvalue weighted by atomic mass is 32.1. The quantitative estimate of drug-likeness (QED) is 0.870. The molecule has 0 aliphatic carbocycles. The second kappa shape index (κ2) is 6.48. The molecule has 2 N–H and O–H groups in total. The van der Waals surface area contributed by atoms with Crippen LogP contribution in [0.3, 0.4) is 0 Å². The third-order valence-corrected chi connectivity index (χ3v) is 4.96. The molecule has 106 valence electrons. The van der Waals surface area contributed by atoms with Gasteiger partial charge in [-0.1, -0.05) is 13.3 Å². The Morgan fingerprint density at radius 1 is 1.53 bits per heavy atom. The van der Waals surface area contributed by atoms with Crippen molar-refractivity contribution in [1.29, 1.82) is 0 Å². The monoisotopic (exact) mass is 281 g/mol. The van der Waals surface area contributed by atoms with Gasteiger partial charge in [-0.05, 0) is 39.3 Å². The zero-order chi connectivity index (χ0) is 13.7. The molecule has 0 radical (unpaired) electrons. The van der Waals surface area contributed by atoms with Gasteiger partial charge in [-0.3, -0.25) is 4.79 Å². The maximum atomic E-state index is 12.6. The highest BCUT2D eigenvalue weighted by Gasteiger charge is 2.38.